The normalized spacial score (nSPS) is 20.1. The minimum atomic E-state index is -4.45. The summed E-state index contributed by atoms with van der Waals surface area (Å²) >= 11 is 0. The van der Waals surface area contributed by atoms with Crippen LogP contribution in [0.5, 0.6) is 0 Å². The third-order valence-electron chi connectivity index (χ3n) is 4.76. The van der Waals surface area contributed by atoms with Crippen molar-refractivity contribution in [3.8, 4) is 0 Å². The van der Waals surface area contributed by atoms with Gasteiger partial charge in [0, 0.05) is 19.6 Å². The van der Waals surface area contributed by atoms with Crippen LogP contribution in [0.3, 0.4) is 0 Å². The number of benzene rings is 2. The molecule has 3 rings (SSSR count). The zero-order chi connectivity index (χ0) is 19.7. The average molecular weight is 393 g/mol. The number of nitrogens with zero attached hydrogens (tertiary/aromatic N) is 1. The number of aryl methyl sites for hydroxylation is 1. The number of ether oxygens (including phenoxy) is 1. The van der Waals surface area contributed by atoms with Gasteiger partial charge < -0.3 is 9.84 Å². The van der Waals surface area contributed by atoms with Gasteiger partial charge in [-0.25, -0.2) is 12.8 Å². The lowest BCUT2D eigenvalue weighted by Crippen LogP contribution is -2.57. The second-order valence-electron chi connectivity index (χ2n) is 6.52. The Morgan fingerprint density at radius 3 is 2.48 bits per heavy atom. The molecule has 0 amide bonds. The SMILES string of the molecule is Cc1cccc(F)c1S(=O)(=O)N(Cc1ccccc1)[C@]1(C(=O)O)CCOC1. The van der Waals surface area contributed by atoms with E-state index in [0.29, 0.717) is 5.56 Å². The Morgan fingerprint density at radius 1 is 1.22 bits per heavy atom. The molecule has 1 N–H and O–H groups in total. The molecule has 0 spiro atoms. The Bertz CT molecular complexity index is 920. The van der Waals surface area contributed by atoms with E-state index in [9.17, 15) is 22.7 Å². The van der Waals surface area contributed by atoms with E-state index in [1.165, 1.54) is 19.1 Å². The highest BCUT2D eigenvalue weighted by Gasteiger charge is 2.53. The van der Waals surface area contributed by atoms with Crippen molar-refractivity contribution in [1.29, 1.82) is 0 Å². The number of rotatable bonds is 6. The fourth-order valence-corrected chi connectivity index (χ4v) is 5.31. The molecule has 1 aliphatic heterocycles. The number of carboxylic acids is 1. The summed E-state index contributed by atoms with van der Waals surface area (Å²) in [4.78, 5) is 11.6. The first-order valence-electron chi connectivity index (χ1n) is 8.42. The van der Waals surface area contributed by atoms with Gasteiger partial charge in [-0.05, 0) is 24.1 Å². The van der Waals surface area contributed by atoms with Crippen molar-refractivity contribution in [1.82, 2.24) is 4.31 Å². The molecule has 1 saturated heterocycles. The summed E-state index contributed by atoms with van der Waals surface area (Å²) in [7, 11) is -4.45. The highest BCUT2D eigenvalue weighted by atomic mass is 32.2. The topological polar surface area (TPSA) is 83.9 Å². The van der Waals surface area contributed by atoms with Crippen LogP contribution in [0.1, 0.15) is 17.5 Å². The van der Waals surface area contributed by atoms with Crippen LogP contribution in [0.25, 0.3) is 0 Å². The Hall–Kier alpha value is -2.29. The number of sulfonamides is 1. The molecule has 0 aliphatic carbocycles. The van der Waals surface area contributed by atoms with Gasteiger partial charge in [0.05, 0.1) is 6.61 Å². The minimum absolute atomic E-state index is 0.0120. The van der Waals surface area contributed by atoms with Crippen molar-refractivity contribution < 1.29 is 27.4 Å². The van der Waals surface area contributed by atoms with Gasteiger partial charge in [-0.1, -0.05) is 42.5 Å². The molecule has 0 saturated carbocycles. The van der Waals surface area contributed by atoms with Crippen LogP contribution in [0.15, 0.2) is 53.4 Å². The first-order chi connectivity index (χ1) is 12.8. The molecule has 1 aliphatic rings. The highest BCUT2D eigenvalue weighted by molar-refractivity contribution is 7.89. The van der Waals surface area contributed by atoms with Gasteiger partial charge in [0.15, 0.2) is 5.54 Å². The molecule has 144 valence electrons. The monoisotopic (exact) mass is 393 g/mol. The summed E-state index contributed by atoms with van der Waals surface area (Å²) in [5.41, 5.74) is -0.973. The summed E-state index contributed by atoms with van der Waals surface area (Å²) in [6.45, 7) is 1.10. The van der Waals surface area contributed by atoms with Crippen molar-refractivity contribution in [2.75, 3.05) is 13.2 Å². The maximum atomic E-state index is 14.5. The fourth-order valence-electron chi connectivity index (χ4n) is 3.30. The van der Waals surface area contributed by atoms with Gasteiger partial charge >= 0.3 is 5.97 Å². The molecule has 0 aromatic heterocycles. The van der Waals surface area contributed by atoms with E-state index in [0.717, 1.165) is 10.4 Å². The third-order valence-corrected chi connectivity index (χ3v) is 6.85. The van der Waals surface area contributed by atoms with E-state index in [1.807, 2.05) is 0 Å². The van der Waals surface area contributed by atoms with Crippen LogP contribution in [0.2, 0.25) is 0 Å². The predicted octanol–water partition coefficient (Wildman–Crippen LogP) is 2.57. The van der Waals surface area contributed by atoms with Crippen molar-refractivity contribution in [3.63, 3.8) is 0 Å². The van der Waals surface area contributed by atoms with Crippen molar-refractivity contribution in [2.24, 2.45) is 0 Å². The second kappa shape index (κ2) is 7.38. The standard InChI is InChI=1S/C19H20FNO5S/c1-14-6-5-9-16(20)17(14)27(24,25)21(12-15-7-3-2-4-8-15)19(18(22)23)10-11-26-13-19/h2-9H,10-13H2,1H3,(H,22,23)/t19-/m1/s1. The van der Waals surface area contributed by atoms with Gasteiger partial charge in [0.25, 0.3) is 0 Å². The number of hydrogen-bond acceptors (Lipinski definition) is 4. The Balaban J connectivity index is 2.19. The number of halogens is 1. The zero-order valence-corrected chi connectivity index (χ0v) is 15.6. The molecule has 2 aromatic rings. The smallest absolute Gasteiger partial charge is 0.327 e. The zero-order valence-electron chi connectivity index (χ0n) is 14.8. The Labute approximate surface area is 157 Å². The highest BCUT2D eigenvalue weighted by Crippen LogP contribution is 2.35. The molecule has 0 unspecified atom stereocenters. The van der Waals surface area contributed by atoms with Crippen molar-refractivity contribution >= 4 is 16.0 Å². The summed E-state index contributed by atoms with van der Waals surface area (Å²) in [6.07, 6.45) is -0.0120. The lowest BCUT2D eigenvalue weighted by Gasteiger charge is -2.36. The molecule has 1 heterocycles. The average Bonchev–Trinajstić information content (AvgIpc) is 3.11. The van der Waals surface area contributed by atoms with Crippen LogP contribution in [-0.2, 0) is 26.1 Å². The number of hydrogen-bond donors (Lipinski definition) is 1. The summed E-state index contributed by atoms with van der Waals surface area (Å²) in [5, 5.41) is 9.88. The largest absolute Gasteiger partial charge is 0.480 e. The van der Waals surface area contributed by atoms with Gasteiger partial charge in [-0.15, -0.1) is 0 Å². The van der Waals surface area contributed by atoms with E-state index in [1.54, 1.807) is 30.3 Å². The lowest BCUT2D eigenvalue weighted by atomic mass is 9.98. The van der Waals surface area contributed by atoms with Crippen LogP contribution in [0, 0.1) is 12.7 Å². The predicted molar refractivity (Wildman–Crippen MR) is 96.1 cm³/mol. The van der Waals surface area contributed by atoms with E-state index in [-0.39, 0.29) is 31.7 Å². The van der Waals surface area contributed by atoms with E-state index >= 15 is 0 Å². The second-order valence-corrected chi connectivity index (χ2v) is 8.32. The van der Waals surface area contributed by atoms with Crippen LogP contribution in [-0.4, -0.2) is 42.6 Å². The first kappa shape index (κ1) is 19.5. The fraction of sp³-hybridized carbons (Fsp3) is 0.316. The molecular formula is C19H20FNO5S. The Morgan fingerprint density at radius 2 is 1.93 bits per heavy atom. The van der Waals surface area contributed by atoms with E-state index in [2.05, 4.69) is 0 Å². The van der Waals surface area contributed by atoms with E-state index in [4.69, 9.17) is 4.74 Å². The van der Waals surface area contributed by atoms with Gasteiger partial charge in [0.1, 0.15) is 10.7 Å². The maximum absolute atomic E-state index is 14.5. The minimum Gasteiger partial charge on any atom is -0.480 e. The number of carbonyl (C=O) groups is 1. The molecule has 0 radical (unpaired) electrons. The van der Waals surface area contributed by atoms with E-state index < -0.39 is 32.2 Å². The summed E-state index contributed by atoms with van der Waals surface area (Å²) < 4.78 is 47.5. The van der Waals surface area contributed by atoms with Gasteiger partial charge in [-0.3, -0.25) is 4.79 Å². The van der Waals surface area contributed by atoms with Crippen molar-refractivity contribution in [3.05, 3.63) is 65.5 Å². The Kier molecular flexibility index (Phi) is 5.32. The van der Waals surface area contributed by atoms with Gasteiger partial charge in [-0.2, -0.15) is 4.31 Å². The summed E-state index contributed by atoms with van der Waals surface area (Å²) in [6, 6.07) is 12.6. The van der Waals surface area contributed by atoms with Gasteiger partial charge in [0.2, 0.25) is 10.0 Å². The molecule has 6 nitrogen and oxygen atoms in total. The molecule has 2 aromatic carbocycles. The number of carboxylic acid groups (broad SMARTS) is 1. The molecule has 27 heavy (non-hydrogen) atoms. The molecule has 0 bridgehead atoms. The quantitative estimate of drug-likeness (QED) is 0.816. The van der Waals surface area contributed by atoms with Crippen LogP contribution >= 0.6 is 0 Å². The lowest BCUT2D eigenvalue weighted by molar-refractivity contribution is -0.148. The molecule has 1 atom stereocenters. The summed E-state index contributed by atoms with van der Waals surface area (Å²) in [5.74, 6) is -2.22. The molecule has 1 fully saturated rings. The first-order valence-corrected chi connectivity index (χ1v) is 9.86. The molecular weight excluding hydrogens is 373 g/mol. The van der Waals surface area contributed by atoms with Crippen LogP contribution in [0.4, 0.5) is 4.39 Å². The number of aliphatic carboxylic acids is 1. The van der Waals surface area contributed by atoms with Crippen molar-refractivity contribution in [2.45, 2.75) is 30.3 Å². The molecule has 8 heteroatoms. The maximum Gasteiger partial charge on any atom is 0.327 e. The third kappa shape index (κ3) is 3.47. The van der Waals surface area contributed by atoms with Crippen LogP contribution < -0.4 is 0 Å².